The van der Waals surface area contributed by atoms with Crippen molar-refractivity contribution in [1.82, 2.24) is 9.78 Å². The Bertz CT molecular complexity index is 393. The molecule has 110 valence electrons. The lowest BCUT2D eigenvalue weighted by Crippen LogP contribution is -2.17. The summed E-state index contributed by atoms with van der Waals surface area (Å²) in [4.78, 5) is 0. The first-order valence-electron chi connectivity index (χ1n) is 6.99. The molecule has 1 N–H and O–H groups in total. The van der Waals surface area contributed by atoms with Gasteiger partial charge in [-0.1, -0.05) is 20.8 Å². The van der Waals surface area contributed by atoms with Crippen molar-refractivity contribution < 1.29 is 5.11 Å². The summed E-state index contributed by atoms with van der Waals surface area (Å²) in [7, 11) is 0. The lowest BCUT2D eigenvalue weighted by molar-refractivity contribution is 0.196. The van der Waals surface area contributed by atoms with E-state index in [4.69, 9.17) is 0 Å². The van der Waals surface area contributed by atoms with E-state index >= 15 is 0 Å². The van der Waals surface area contributed by atoms with Crippen LogP contribution >= 0.6 is 27.7 Å². The van der Waals surface area contributed by atoms with Gasteiger partial charge in [0, 0.05) is 18.7 Å². The number of aromatic nitrogens is 2. The monoisotopic (exact) mass is 348 g/mol. The van der Waals surface area contributed by atoms with Crippen LogP contribution in [0.2, 0.25) is 0 Å². The lowest BCUT2D eigenvalue weighted by Gasteiger charge is -2.12. The quantitative estimate of drug-likeness (QED) is 0.780. The van der Waals surface area contributed by atoms with E-state index in [0.717, 1.165) is 40.3 Å². The van der Waals surface area contributed by atoms with Gasteiger partial charge in [0.1, 0.15) is 0 Å². The second-order valence-electron chi connectivity index (χ2n) is 5.17. The van der Waals surface area contributed by atoms with Crippen LogP contribution in [0.15, 0.2) is 4.47 Å². The van der Waals surface area contributed by atoms with Crippen LogP contribution in [0.3, 0.4) is 0 Å². The molecule has 0 aliphatic carbocycles. The summed E-state index contributed by atoms with van der Waals surface area (Å²) in [6.45, 7) is 9.44. The molecule has 1 atom stereocenters. The van der Waals surface area contributed by atoms with Crippen LogP contribution in [0.1, 0.15) is 39.1 Å². The molecule has 0 fully saturated rings. The van der Waals surface area contributed by atoms with Gasteiger partial charge in [0.05, 0.1) is 22.0 Å². The number of halogens is 1. The van der Waals surface area contributed by atoms with Gasteiger partial charge in [-0.05, 0) is 40.9 Å². The number of hydrogen-bond acceptors (Lipinski definition) is 3. The molecule has 0 radical (unpaired) electrons. The predicted molar refractivity (Wildman–Crippen MR) is 86.9 cm³/mol. The molecule has 1 aromatic rings. The van der Waals surface area contributed by atoms with Crippen molar-refractivity contribution >= 4 is 27.7 Å². The Labute approximate surface area is 129 Å². The fraction of sp³-hybridized carbons (Fsp3) is 0.786. The van der Waals surface area contributed by atoms with Crippen molar-refractivity contribution in [3.05, 3.63) is 15.9 Å². The third-order valence-electron chi connectivity index (χ3n) is 2.88. The Morgan fingerprint density at radius 1 is 1.32 bits per heavy atom. The summed E-state index contributed by atoms with van der Waals surface area (Å²) in [5, 5.41) is 14.7. The van der Waals surface area contributed by atoms with Crippen LogP contribution < -0.4 is 0 Å². The van der Waals surface area contributed by atoms with Crippen LogP contribution in [-0.4, -0.2) is 32.5 Å². The number of thioether (sulfide) groups is 1. The highest BCUT2D eigenvalue weighted by Gasteiger charge is 2.17. The molecule has 0 spiro atoms. The van der Waals surface area contributed by atoms with Gasteiger partial charge in [0.15, 0.2) is 0 Å². The van der Waals surface area contributed by atoms with E-state index in [1.807, 2.05) is 16.4 Å². The topological polar surface area (TPSA) is 38.0 Å². The zero-order valence-corrected chi connectivity index (χ0v) is 14.7. The first-order chi connectivity index (χ1) is 8.99. The number of aliphatic hydroxyl groups is 1. The maximum Gasteiger partial charge on any atom is 0.0766 e. The van der Waals surface area contributed by atoms with Gasteiger partial charge < -0.3 is 5.11 Å². The SMILES string of the molecule is CCc1nn(CC)c(CC(O)CSCC(C)C)c1Br. The Hall–Kier alpha value is -0.000000000000000111. The highest BCUT2D eigenvalue weighted by atomic mass is 79.9. The summed E-state index contributed by atoms with van der Waals surface area (Å²) < 4.78 is 3.07. The normalized spacial score (nSPS) is 13.2. The molecular formula is C14H25BrN2OS. The molecule has 0 aliphatic heterocycles. The summed E-state index contributed by atoms with van der Waals surface area (Å²) in [6.07, 6.45) is 1.29. The highest BCUT2D eigenvalue weighted by Crippen LogP contribution is 2.24. The van der Waals surface area contributed by atoms with E-state index in [1.165, 1.54) is 0 Å². The van der Waals surface area contributed by atoms with Crippen molar-refractivity contribution in [1.29, 1.82) is 0 Å². The Morgan fingerprint density at radius 3 is 2.53 bits per heavy atom. The second-order valence-corrected chi connectivity index (χ2v) is 7.03. The smallest absolute Gasteiger partial charge is 0.0766 e. The van der Waals surface area contributed by atoms with Crippen LogP contribution in [0.25, 0.3) is 0 Å². The molecule has 19 heavy (non-hydrogen) atoms. The number of aryl methyl sites for hydroxylation is 2. The molecule has 3 nitrogen and oxygen atoms in total. The number of hydrogen-bond donors (Lipinski definition) is 1. The molecule has 0 bridgehead atoms. The first-order valence-corrected chi connectivity index (χ1v) is 8.94. The minimum absolute atomic E-state index is 0.299. The van der Waals surface area contributed by atoms with Gasteiger partial charge in [-0.3, -0.25) is 4.68 Å². The van der Waals surface area contributed by atoms with Crippen molar-refractivity contribution in [2.45, 2.75) is 53.2 Å². The van der Waals surface area contributed by atoms with E-state index in [2.05, 4.69) is 48.7 Å². The zero-order chi connectivity index (χ0) is 14.4. The van der Waals surface area contributed by atoms with Crippen molar-refractivity contribution in [2.24, 2.45) is 5.92 Å². The minimum atomic E-state index is -0.299. The summed E-state index contributed by atoms with van der Waals surface area (Å²) in [5.41, 5.74) is 2.20. The van der Waals surface area contributed by atoms with Crippen molar-refractivity contribution in [3.63, 3.8) is 0 Å². The fourth-order valence-electron chi connectivity index (χ4n) is 1.93. The largest absolute Gasteiger partial charge is 0.392 e. The van der Waals surface area contributed by atoms with E-state index in [-0.39, 0.29) is 6.10 Å². The van der Waals surface area contributed by atoms with Gasteiger partial charge in [-0.25, -0.2) is 0 Å². The zero-order valence-electron chi connectivity index (χ0n) is 12.3. The highest BCUT2D eigenvalue weighted by molar-refractivity contribution is 9.10. The van der Waals surface area contributed by atoms with E-state index in [9.17, 15) is 5.11 Å². The standard InChI is InChI=1S/C14H25BrN2OS/c1-5-12-14(15)13(17(6-2)16-12)7-11(18)9-19-8-10(3)4/h10-11,18H,5-9H2,1-4H3. The molecule has 0 amide bonds. The maximum absolute atomic E-state index is 10.2. The van der Waals surface area contributed by atoms with Crippen LogP contribution in [-0.2, 0) is 19.4 Å². The third-order valence-corrected chi connectivity index (χ3v) is 5.32. The number of nitrogens with zero attached hydrogens (tertiary/aromatic N) is 2. The Balaban J connectivity index is 2.62. The maximum atomic E-state index is 10.2. The molecule has 0 aromatic carbocycles. The molecule has 0 saturated carbocycles. The fourth-order valence-corrected chi connectivity index (χ4v) is 3.66. The van der Waals surface area contributed by atoms with Gasteiger partial charge in [-0.2, -0.15) is 16.9 Å². The predicted octanol–water partition coefficient (Wildman–Crippen LogP) is 3.52. The number of rotatable bonds is 8. The van der Waals surface area contributed by atoms with Crippen molar-refractivity contribution in [2.75, 3.05) is 11.5 Å². The minimum Gasteiger partial charge on any atom is -0.392 e. The molecule has 1 aromatic heterocycles. The molecule has 1 heterocycles. The number of aliphatic hydroxyl groups excluding tert-OH is 1. The third kappa shape index (κ3) is 5.12. The van der Waals surface area contributed by atoms with E-state index in [0.29, 0.717) is 12.3 Å². The molecule has 1 rings (SSSR count). The van der Waals surface area contributed by atoms with Gasteiger partial charge in [0.2, 0.25) is 0 Å². The first kappa shape index (κ1) is 17.1. The molecule has 1 unspecified atom stereocenters. The second kappa shape index (κ2) is 8.32. The summed E-state index contributed by atoms with van der Waals surface area (Å²) >= 11 is 5.45. The molecule has 0 saturated heterocycles. The molecule has 5 heteroatoms. The summed E-state index contributed by atoms with van der Waals surface area (Å²) in [6, 6.07) is 0. The van der Waals surface area contributed by atoms with Gasteiger partial charge in [0.25, 0.3) is 0 Å². The molecular weight excluding hydrogens is 324 g/mol. The van der Waals surface area contributed by atoms with Crippen molar-refractivity contribution in [3.8, 4) is 0 Å². The summed E-state index contributed by atoms with van der Waals surface area (Å²) in [5.74, 6) is 2.57. The van der Waals surface area contributed by atoms with E-state index < -0.39 is 0 Å². The Morgan fingerprint density at radius 2 is 2.00 bits per heavy atom. The van der Waals surface area contributed by atoms with Gasteiger partial charge >= 0.3 is 0 Å². The Kier molecular flexibility index (Phi) is 7.47. The van der Waals surface area contributed by atoms with Gasteiger partial charge in [-0.15, -0.1) is 0 Å². The van der Waals surface area contributed by atoms with Crippen LogP contribution in [0.5, 0.6) is 0 Å². The van der Waals surface area contributed by atoms with E-state index in [1.54, 1.807) is 0 Å². The average Bonchev–Trinajstić information content (AvgIpc) is 2.66. The van der Waals surface area contributed by atoms with Crippen LogP contribution in [0.4, 0.5) is 0 Å². The van der Waals surface area contributed by atoms with Crippen LogP contribution in [0, 0.1) is 5.92 Å². The molecule has 0 aliphatic rings. The lowest BCUT2D eigenvalue weighted by atomic mass is 10.2. The average molecular weight is 349 g/mol.